The minimum Gasteiger partial charge on any atom is -0.313 e. The predicted octanol–water partition coefficient (Wildman–Crippen LogP) is 1.05. The highest BCUT2D eigenvalue weighted by molar-refractivity contribution is 7.85. The van der Waals surface area contributed by atoms with E-state index in [4.69, 9.17) is 4.55 Å². The molecule has 1 aromatic rings. The van der Waals surface area contributed by atoms with Gasteiger partial charge in [0.05, 0.1) is 5.75 Å². The first-order valence-corrected chi connectivity index (χ1v) is 6.39. The lowest BCUT2D eigenvalue weighted by atomic mass is 10.2. The van der Waals surface area contributed by atoms with Crippen molar-refractivity contribution in [3.63, 3.8) is 0 Å². The topological polar surface area (TPSA) is 66.4 Å². The quantitative estimate of drug-likeness (QED) is 0.565. The highest BCUT2D eigenvalue weighted by Crippen LogP contribution is 1.97. The van der Waals surface area contributed by atoms with Gasteiger partial charge in [-0.15, -0.1) is 0 Å². The van der Waals surface area contributed by atoms with E-state index in [0.717, 1.165) is 5.56 Å². The molecular weight excluding hydrogens is 214 g/mol. The van der Waals surface area contributed by atoms with Crippen LogP contribution in [0.25, 0.3) is 0 Å². The highest BCUT2D eigenvalue weighted by atomic mass is 32.2. The maximum atomic E-state index is 10.4. The van der Waals surface area contributed by atoms with Crippen molar-refractivity contribution in [3.8, 4) is 0 Å². The van der Waals surface area contributed by atoms with E-state index >= 15 is 0 Å². The van der Waals surface area contributed by atoms with Gasteiger partial charge in [0.1, 0.15) is 0 Å². The Kier molecular flexibility index (Phi) is 4.74. The highest BCUT2D eigenvalue weighted by Gasteiger charge is 2.02. The third-order valence-corrected chi connectivity index (χ3v) is 2.73. The zero-order valence-electron chi connectivity index (χ0n) is 8.39. The van der Waals surface area contributed by atoms with Crippen molar-refractivity contribution in [2.45, 2.75) is 13.0 Å². The first-order chi connectivity index (χ1) is 7.08. The molecular formula is C10H15NO3S. The third-order valence-electron chi connectivity index (χ3n) is 1.93. The van der Waals surface area contributed by atoms with Crippen LogP contribution in [0.2, 0.25) is 0 Å². The average Bonchev–Trinajstić information content (AvgIpc) is 2.17. The van der Waals surface area contributed by atoms with E-state index in [1.54, 1.807) is 0 Å². The molecule has 0 fully saturated rings. The Morgan fingerprint density at radius 3 is 2.47 bits per heavy atom. The van der Waals surface area contributed by atoms with Crippen molar-refractivity contribution in [3.05, 3.63) is 35.9 Å². The predicted molar refractivity (Wildman–Crippen MR) is 59.2 cm³/mol. The molecule has 2 N–H and O–H groups in total. The van der Waals surface area contributed by atoms with Crippen LogP contribution in [0.1, 0.15) is 12.0 Å². The summed E-state index contributed by atoms with van der Waals surface area (Å²) in [4.78, 5) is 0. The summed E-state index contributed by atoms with van der Waals surface area (Å²) in [6, 6.07) is 9.85. The Morgan fingerprint density at radius 1 is 1.20 bits per heavy atom. The molecule has 5 heteroatoms. The molecule has 1 rings (SSSR count). The summed E-state index contributed by atoms with van der Waals surface area (Å²) in [6.07, 6.45) is 0.422. The second kappa shape index (κ2) is 5.85. The van der Waals surface area contributed by atoms with Crippen LogP contribution < -0.4 is 5.32 Å². The Morgan fingerprint density at radius 2 is 1.87 bits per heavy atom. The lowest BCUT2D eigenvalue weighted by Crippen LogP contribution is -2.17. The second-order valence-electron chi connectivity index (χ2n) is 3.30. The monoisotopic (exact) mass is 229 g/mol. The largest absolute Gasteiger partial charge is 0.313 e. The molecule has 0 unspecified atom stereocenters. The first-order valence-electron chi connectivity index (χ1n) is 4.78. The van der Waals surface area contributed by atoms with Gasteiger partial charge in [-0.3, -0.25) is 4.55 Å². The van der Waals surface area contributed by atoms with Crippen molar-refractivity contribution < 1.29 is 13.0 Å². The summed E-state index contributed by atoms with van der Waals surface area (Å²) in [6.45, 7) is 1.29. The summed E-state index contributed by atoms with van der Waals surface area (Å²) >= 11 is 0. The van der Waals surface area contributed by atoms with E-state index in [-0.39, 0.29) is 5.75 Å². The van der Waals surface area contributed by atoms with Crippen LogP contribution in [0.4, 0.5) is 0 Å². The standard InChI is InChI=1S/C10H15NO3S/c12-15(13,14)8-4-7-11-9-10-5-2-1-3-6-10/h1-3,5-6,11H,4,7-9H2,(H,12,13,14). The van der Waals surface area contributed by atoms with Gasteiger partial charge in [-0.1, -0.05) is 30.3 Å². The summed E-state index contributed by atoms with van der Waals surface area (Å²) in [7, 11) is -3.81. The minimum atomic E-state index is -3.81. The van der Waals surface area contributed by atoms with Crippen LogP contribution in [0.3, 0.4) is 0 Å². The van der Waals surface area contributed by atoms with E-state index in [9.17, 15) is 8.42 Å². The fourth-order valence-electron chi connectivity index (χ4n) is 1.21. The van der Waals surface area contributed by atoms with Gasteiger partial charge < -0.3 is 5.32 Å². The number of hydrogen-bond donors (Lipinski definition) is 2. The molecule has 0 aliphatic rings. The molecule has 1 aromatic carbocycles. The summed E-state index contributed by atoms with van der Waals surface area (Å²) in [5, 5.41) is 3.10. The van der Waals surface area contributed by atoms with Crippen molar-refractivity contribution in [1.82, 2.24) is 5.32 Å². The Bertz CT molecular complexity index is 375. The Balaban J connectivity index is 2.13. The molecule has 0 aliphatic heterocycles. The van der Waals surface area contributed by atoms with Gasteiger partial charge in [-0.05, 0) is 18.5 Å². The second-order valence-corrected chi connectivity index (χ2v) is 4.87. The van der Waals surface area contributed by atoms with Gasteiger partial charge in [0.15, 0.2) is 0 Å². The van der Waals surface area contributed by atoms with E-state index in [1.807, 2.05) is 30.3 Å². The zero-order chi connectivity index (χ0) is 11.1. The number of benzene rings is 1. The van der Waals surface area contributed by atoms with Gasteiger partial charge in [-0.25, -0.2) is 0 Å². The molecule has 0 spiro atoms. The minimum absolute atomic E-state index is 0.186. The lowest BCUT2D eigenvalue weighted by Gasteiger charge is -2.03. The SMILES string of the molecule is O=S(=O)(O)CCCNCc1ccccc1. The van der Waals surface area contributed by atoms with Crippen molar-refractivity contribution >= 4 is 10.1 Å². The third kappa shape index (κ3) is 6.22. The van der Waals surface area contributed by atoms with Crippen LogP contribution in [0.5, 0.6) is 0 Å². The maximum Gasteiger partial charge on any atom is 0.264 e. The fraction of sp³-hybridized carbons (Fsp3) is 0.400. The molecule has 0 aliphatic carbocycles. The molecule has 0 saturated heterocycles. The molecule has 0 bridgehead atoms. The first kappa shape index (κ1) is 12.2. The Hall–Kier alpha value is -0.910. The van der Waals surface area contributed by atoms with Crippen LogP contribution in [-0.4, -0.2) is 25.3 Å². The van der Waals surface area contributed by atoms with Crippen LogP contribution >= 0.6 is 0 Å². The van der Waals surface area contributed by atoms with Gasteiger partial charge >= 0.3 is 0 Å². The molecule has 0 atom stereocenters. The van der Waals surface area contributed by atoms with Crippen LogP contribution in [-0.2, 0) is 16.7 Å². The summed E-state index contributed by atoms with van der Waals surface area (Å²) < 4.78 is 29.3. The number of rotatable bonds is 6. The van der Waals surface area contributed by atoms with E-state index in [2.05, 4.69) is 5.32 Å². The van der Waals surface area contributed by atoms with Gasteiger partial charge in [0, 0.05) is 6.54 Å². The maximum absolute atomic E-state index is 10.4. The molecule has 4 nitrogen and oxygen atoms in total. The van der Waals surface area contributed by atoms with Crippen molar-refractivity contribution in [2.24, 2.45) is 0 Å². The van der Waals surface area contributed by atoms with Crippen molar-refractivity contribution in [2.75, 3.05) is 12.3 Å². The fourth-order valence-corrected chi connectivity index (χ4v) is 1.72. The Labute approximate surface area is 90.1 Å². The van der Waals surface area contributed by atoms with Gasteiger partial charge in [0.2, 0.25) is 0 Å². The lowest BCUT2D eigenvalue weighted by molar-refractivity contribution is 0.479. The van der Waals surface area contributed by atoms with Crippen LogP contribution in [0.15, 0.2) is 30.3 Å². The number of hydrogen-bond acceptors (Lipinski definition) is 3. The van der Waals surface area contributed by atoms with E-state index < -0.39 is 10.1 Å². The molecule has 0 saturated carbocycles. The van der Waals surface area contributed by atoms with E-state index in [0.29, 0.717) is 19.5 Å². The van der Waals surface area contributed by atoms with Crippen molar-refractivity contribution in [1.29, 1.82) is 0 Å². The number of nitrogens with one attached hydrogen (secondary N) is 1. The summed E-state index contributed by atoms with van der Waals surface area (Å²) in [5.74, 6) is -0.186. The average molecular weight is 229 g/mol. The molecule has 0 heterocycles. The molecule has 84 valence electrons. The van der Waals surface area contributed by atoms with Gasteiger partial charge in [0.25, 0.3) is 10.1 Å². The van der Waals surface area contributed by atoms with Gasteiger partial charge in [-0.2, -0.15) is 8.42 Å². The van der Waals surface area contributed by atoms with E-state index in [1.165, 1.54) is 0 Å². The molecule has 0 amide bonds. The van der Waals surface area contributed by atoms with Crippen LogP contribution in [0, 0.1) is 0 Å². The smallest absolute Gasteiger partial charge is 0.264 e. The molecule has 0 radical (unpaired) electrons. The zero-order valence-corrected chi connectivity index (χ0v) is 9.20. The summed E-state index contributed by atoms with van der Waals surface area (Å²) in [5.41, 5.74) is 1.16. The normalized spacial score (nSPS) is 11.5. The molecule has 0 aromatic heterocycles. The molecule has 15 heavy (non-hydrogen) atoms.